The molecular weight excluding hydrogens is 256 g/mol. The van der Waals surface area contributed by atoms with Crippen molar-refractivity contribution in [3.8, 4) is 0 Å². The van der Waals surface area contributed by atoms with Crippen LogP contribution < -0.4 is 0 Å². The van der Waals surface area contributed by atoms with E-state index in [0.717, 1.165) is 25.2 Å². The normalized spacial score (nSPS) is 15.8. The summed E-state index contributed by atoms with van der Waals surface area (Å²) in [5.41, 5.74) is 0. The van der Waals surface area contributed by atoms with E-state index in [4.69, 9.17) is 9.47 Å². The van der Waals surface area contributed by atoms with E-state index in [1.807, 2.05) is 6.92 Å². The lowest BCUT2D eigenvalue weighted by atomic mass is 9.87. The van der Waals surface area contributed by atoms with E-state index >= 15 is 0 Å². The number of ether oxygens (including phenoxy) is 2. The Morgan fingerprint density at radius 3 is 2.15 bits per heavy atom. The highest BCUT2D eigenvalue weighted by Gasteiger charge is 2.14. The number of carbonyl (C=O) groups is 2. The summed E-state index contributed by atoms with van der Waals surface area (Å²) in [5.74, 6) is 0.131. The smallest absolute Gasteiger partial charge is 0.306 e. The van der Waals surface area contributed by atoms with Gasteiger partial charge in [-0.15, -0.1) is 0 Å². The minimum atomic E-state index is -0.303. The highest BCUT2D eigenvalue weighted by Crippen LogP contribution is 2.26. The molecule has 0 aliphatic heterocycles. The van der Waals surface area contributed by atoms with Crippen LogP contribution in [0.2, 0.25) is 0 Å². The van der Waals surface area contributed by atoms with Gasteiger partial charge in [0, 0.05) is 0 Å². The number of carbonyl (C=O) groups excluding carboxylic acids is 2. The van der Waals surface area contributed by atoms with E-state index in [-0.39, 0.29) is 24.8 Å². The Morgan fingerprint density at radius 2 is 1.55 bits per heavy atom. The minimum Gasteiger partial charge on any atom is -0.466 e. The second-order valence-electron chi connectivity index (χ2n) is 5.59. The van der Waals surface area contributed by atoms with Crippen LogP contribution >= 0.6 is 0 Å². The first kappa shape index (κ1) is 17.0. The molecule has 0 saturated heterocycles. The summed E-state index contributed by atoms with van der Waals surface area (Å²) in [4.78, 5) is 22.8. The Labute approximate surface area is 122 Å². The fraction of sp³-hybridized carbons (Fsp3) is 0.875. The third kappa shape index (κ3) is 8.18. The Hall–Kier alpha value is -1.06. The summed E-state index contributed by atoms with van der Waals surface area (Å²) >= 11 is 0. The average molecular weight is 284 g/mol. The standard InChI is InChI=1S/C16H28O4/c1-2-3-12-19-15(17)9-10-16(18)20-13-11-14-7-5-4-6-8-14/h14H,2-13H2,1H3. The zero-order valence-electron chi connectivity index (χ0n) is 12.7. The van der Waals surface area contributed by atoms with Crippen molar-refractivity contribution in [3.63, 3.8) is 0 Å². The molecule has 0 unspecified atom stereocenters. The molecule has 0 aromatic rings. The van der Waals surface area contributed by atoms with Gasteiger partial charge in [0.1, 0.15) is 0 Å². The van der Waals surface area contributed by atoms with Crippen molar-refractivity contribution in [2.24, 2.45) is 5.92 Å². The molecule has 20 heavy (non-hydrogen) atoms. The van der Waals surface area contributed by atoms with E-state index in [0.29, 0.717) is 13.2 Å². The summed E-state index contributed by atoms with van der Waals surface area (Å²) in [7, 11) is 0. The average Bonchev–Trinajstić information content (AvgIpc) is 2.46. The first-order valence-electron chi connectivity index (χ1n) is 8.03. The maximum atomic E-state index is 11.5. The molecule has 4 nitrogen and oxygen atoms in total. The summed E-state index contributed by atoms with van der Waals surface area (Å²) < 4.78 is 10.2. The zero-order valence-corrected chi connectivity index (χ0v) is 12.7. The molecule has 0 spiro atoms. The molecule has 116 valence electrons. The molecule has 0 atom stereocenters. The predicted octanol–water partition coefficient (Wildman–Crippen LogP) is 3.62. The van der Waals surface area contributed by atoms with Gasteiger partial charge < -0.3 is 9.47 Å². The van der Waals surface area contributed by atoms with Gasteiger partial charge in [-0.05, 0) is 18.8 Å². The van der Waals surface area contributed by atoms with Crippen molar-refractivity contribution < 1.29 is 19.1 Å². The second-order valence-corrected chi connectivity index (χ2v) is 5.59. The predicted molar refractivity (Wildman–Crippen MR) is 77.3 cm³/mol. The third-order valence-corrected chi connectivity index (χ3v) is 3.81. The lowest BCUT2D eigenvalue weighted by molar-refractivity contribution is -0.150. The van der Waals surface area contributed by atoms with Gasteiger partial charge in [0.05, 0.1) is 26.1 Å². The molecule has 0 N–H and O–H groups in total. The number of rotatable bonds is 9. The first-order valence-corrected chi connectivity index (χ1v) is 8.03. The van der Waals surface area contributed by atoms with Crippen LogP contribution in [-0.2, 0) is 19.1 Å². The van der Waals surface area contributed by atoms with E-state index < -0.39 is 0 Å². The van der Waals surface area contributed by atoms with Crippen LogP contribution in [0.1, 0.15) is 71.1 Å². The number of esters is 2. The maximum Gasteiger partial charge on any atom is 0.306 e. The highest BCUT2D eigenvalue weighted by atomic mass is 16.5. The van der Waals surface area contributed by atoms with Gasteiger partial charge in [-0.2, -0.15) is 0 Å². The Bertz CT molecular complexity index is 282. The van der Waals surface area contributed by atoms with Crippen LogP contribution in [0.3, 0.4) is 0 Å². The SMILES string of the molecule is CCCCOC(=O)CCC(=O)OCCC1CCCCC1. The largest absolute Gasteiger partial charge is 0.466 e. The van der Waals surface area contributed by atoms with Gasteiger partial charge in [0.15, 0.2) is 0 Å². The van der Waals surface area contributed by atoms with Crippen LogP contribution in [0, 0.1) is 5.92 Å². The fourth-order valence-electron chi connectivity index (χ4n) is 2.49. The number of unbranched alkanes of at least 4 members (excludes halogenated alkanes) is 1. The van der Waals surface area contributed by atoms with Gasteiger partial charge in [0.2, 0.25) is 0 Å². The summed E-state index contributed by atoms with van der Waals surface area (Å²) in [6.07, 6.45) is 9.59. The molecule has 1 aliphatic carbocycles. The molecule has 0 bridgehead atoms. The summed E-state index contributed by atoms with van der Waals surface area (Å²) in [5, 5.41) is 0. The van der Waals surface area contributed by atoms with Crippen molar-refractivity contribution >= 4 is 11.9 Å². The van der Waals surface area contributed by atoms with E-state index in [1.165, 1.54) is 32.1 Å². The van der Waals surface area contributed by atoms with Crippen molar-refractivity contribution in [1.29, 1.82) is 0 Å². The molecule has 0 radical (unpaired) electrons. The van der Waals surface area contributed by atoms with Crippen molar-refractivity contribution in [2.75, 3.05) is 13.2 Å². The molecular formula is C16H28O4. The topological polar surface area (TPSA) is 52.6 Å². The third-order valence-electron chi connectivity index (χ3n) is 3.81. The van der Waals surface area contributed by atoms with Gasteiger partial charge >= 0.3 is 11.9 Å². The first-order chi connectivity index (χ1) is 9.72. The van der Waals surface area contributed by atoms with Gasteiger partial charge in [-0.25, -0.2) is 0 Å². The van der Waals surface area contributed by atoms with Crippen molar-refractivity contribution in [2.45, 2.75) is 71.1 Å². The van der Waals surface area contributed by atoms with Crippen molar-refractivity contribution in [3.05, 3.63) is 0 Å². The lowest BCUT2D eigenvalue weighted by Gasteiger charge is -2.21. The molecule has 1 rings (SSSR count). The quantitative estimate of drug-likeness (QED) is 0.479. The number of hydrogen-bond acceptors (Lipinski definition) is 4. The zero-order chi connectivity index (χ0) is 14.6. The maximum absolute atomic E-state index is 11.5. The monoisotopic (exact) mass is 284 g/mol. The van der Waals surface area contributed by atoms with Crippen LogP contribution in [0.4, 0.5) is 0 Å². The van der Waals surface area contributed by atoms with Gasteiger partial charge in [0.25, 0.3) is 0 Å². The molecule has 1 aliphatic rings. The molecule has 0 aromatic heterocycles. The van der Waals surface area contributed by atoms with Crippen LogP contribution in [0.15, 0.2) is 0 Å². The molecule has 4 heteroatoms. The number of hydrogen-bond donors (Lipinski definition) is 0. The molecule has 0 amide bonds. The summed E-state index contributed by atoms with van der Waals surface area (Å²) in [6.45, 7) is 2.98. The molecule has 1 saturated carbocycles. The van der Waals surface area contributed by atoms with Crippen LogP contribution in [0.25, 0.3) is 0 Å². The Kier molecular flexibility index (Phi) is 9.09. The molecule has 0 heterocycles. The molecule has 0 aromatic carbocycles. The fourth-order valence-corrected chi connectivity index (χ4v) is 2.49. The van der Waals surface area contributed by atoms with Crippen LogP contribution in [-0.4, -0.2) is 25.2 Å². The van der Waals surface area contributed by atoms with Gasteiger partial charge in [-0.1, -0.05) is 45.4 Å². The minimum absolute atomic E-state index is 0.131. The van der Waals surface area contributed by atoms with E-state index in [1.54, 1.807) is 0 Å². The van der Waals surface area contributed by atoms with Crippen LogP contribution in [0.5, 0.6) is 0 Å². The molecule has 1 fully saturated rings. The lowest BCUT2D eigenvalue weighted by Crippen LogP contribution is -2.14. The highest BCUT2D eigenvalue weighted by molar-refractivity contribution is 5.77. The van der Waals surface area contributed by atoms with Crippen molar-refractivity contribution in [1.82, 2.24) is 0 Å². The van der Waals surface area contributed by atoms with E-state index in [9.17, 15) is 9.59 Å². The summed E-state index contributed by atoms with van der Waals surface area (Å²) in [6, 6.07) is 0. The Morgan fingerprint density at radius 1 is 0.950 bits per heavy atom. The van der Waals surface area contributed by atoms with E-state index in [2.05, 4.69) is 0 Å². The second kappa shape index (κ2) is 10.7. The van der Waals surface area contributed by atoms with Gasteiger partial charge in [-0.3, -0.25) is 9.59 Å². The Balaban J connectivity index is 1.98.